The third-order valence-electron chi connectivity index (χ3n) is 2.93. The van der Waals surface area contributed by atoms with Gasteiger partial charge in [0.25, 0.3) is 0 Å². The fourth-order valence-electron chi connectivity index (χ4n) is 1.91. The Kier molecular flexibility index (Phi) is 5.64. The van der Waals surface area contributed by atoms with Crippen molar-refractivity contribution >= 4 is 27.6 Å². The van der Waals surface area contributed by atoms with Crippen LogP contribution in [0.2, 0.25) is 0 Å². The first kappa shape index (κ1) is 17.3. The van der Waals surface area contributed by atoms with Crippen molar-refractivity contribution in [2.24, 2.45) is 0 Å². The molecule has 1 aromatic heterocycles. The number of aromatic nitrogens is 2. The van der Waals surface area contributed by atoms with E-state index in [1.165, 1.54) is 18.2 Å². The number of carbonyl (C=O) groups is 1. The van der Waals surface area contributed by atoms with Crippen LogP contribution in [0, 0.1) is 0 Å². The van der Waals surface area contributed by atoms with Crippen LogP contribution in [0.15, 0.2) is 41.1 Å². The zero-order valence-corrected chi connectivity index (χ0v) is 13.5. The number of alkyl halides is 3. The topological polar surface area (TPSA) is 59.0 Å². The predicted molar refractivity (Wildman–Crippen MR) is 83.0 cm³/mol. The molecule has 23 heavy (non-hydrogen) atoms. The smallest absolute Gasteiger partial charge is 0.338 e. The number of nitrogens with one attached hydrogen (secondary N) is 2. The second-order valence-electron chi connectivity index (χ2n) is 4.70. The molecule has 0 radical (unpaired) electrons. The molecule has 0 aliphatic heterocycles. The lowest BCUT2D eigenvalue weighted by Gasteiger charge is -2.14. The van der Waals surface area contributed by atoms with Gasteiger partial charge in [-0.3, -0.25) is 4.68 Å². The number of amides is 2. The Morgan fingerprint density at radius 1 is 1.30 bits per heavy atom. The number of nitrogens with zero attached hydrogens (tertiary/aromatic N) is 2. The van der Waals surface area contributed by atoms with E-state index in [-0.39, 0.29) is 5.69 Å². The standard InChI is InChI=1S/C14H14BrF3N4O/c15-10-8-20-22(9-10)7-3-6-19-13(23)21-12-5-2-1-4-11(12)14(16,17)18/h1-2,4-5,8-9H,3,6-7H2,(H2,19,21,23). The first-order chi connectivity index (χ1) is 10.9. The lowest BCUT2D eigenvalue weighted by molar-refractivity contribution is -0.136. The molecule has 1 heterocycles. The number of anilines is 1. The molecule has 2 aromatic rings. The summed E-state index contributed by atoms with van der Waals surface area (Å²) in [6, 6.07) is 4.16. The Morgan fingerprint density at radius 2 is 2.04 bits per heavy atom. The van der Waals surface area contributed by atoms with Crippen molar-refractivity contribution in [1.29, 1.82) is 0 Å². The Morgan fingerprint density at radius 3 is 2.70 bits per heavy atom. The zero-order valence-electron chi connectivity index (χ0n) is 11.9. The molecule has 2 rings (SSSR count). The van der Waals surface area contributed by atoms with Crippen molar-refractivity contribution in [3.05, 3.63) is 46.7 Å². The monoisotopic (exact) mass is 390 g/mol. The van der Waals surface area contributed by atoms with Crippen LogP contribution in [0.5, 0.6) is 0 Å². The molecule has 5 nitrogen and oxygen atoms in total. The zero-order chi connectivity index (χ0) is 16.9. The van der Waals surface area contributed by atoms with Crippen molar-refractivity contribution in [2.75, 3.05) is 11.9 Å². The number of rotatable bonds is 5. The largest absolute Gasteiger partial charge is 0.418 e. The lowest BCUT2D eigenvalue weighted by Crippen LogP contribution is -2.31. The average Bonchev–Trinajstić information content (AvgIpc) is 2.89. The van der Waals surface area contributed by atoms with E-state index in [9.17, 15) is 18.0 Å². The molecule has 0 saturated carbocycles. The van der Waals surface area contributed by atoms with Crippen LogP contribution in [-0.2, 0) is 12.7 Å². The highest BCUT2D eigenvalue weighted by Crippen LogP contribution is 2.34. The molecule has 2 amide bonds. The van der Waals surface area contributed by atoms with Crippen LogP contribution in [0.1, 0.15) is 12.0 Å². The van der Waals surface area contributed by atoms with E-state index >= 15 is 0 Å². The Labute approximate surface area is 139 Å². The summed E-state index contributed by atoms with van der Waals surface area (Å²) in [5.74, 6) is 0. The molecule has 0 atom stereocenters. The third kappa shape index (κ3) is 5.27. The van der Waals surface area contributed by atoms with E-state index in [1.54, 1.807) is 17.1 Å². The van der Waals surface area contributed by atoms with E-state index < -0.39 is 17.8 Å². The van der Waals surface area contributed by atoms with E-state index in [0.717, 1.165) is 10.5 Å². The predicted octanol–water partition coefficient (Wildman–Crippen LogP) is 3.88. The van der Waals surface area contributed by atoms with Crippen molar-refractivity contribution in [3.8, 4) is 0 Å². The number of carbonyl (C=O) groups excluding carboxylic acids is 1. The summed E-state index contributed by atoms with van der Waals surface area (Å²) in [7, 11) is 0. The van der Waals surface area contributed by atoms with Crippen molar-refractivity contribution in [3.63, 3.8) is 0 Å². The molecule has 0 aliphatic rings. The molecule has 0 spiro atoms. The molecule has 0 fully saturated rings. The van der Waals surface area contributed by atoms with Crippen LogP contribution in [0.25, 0.3) is 0 Å². The molecule has 124 valence electrons. The Balaban J connectivity index is 1.81. The number of hydrogen-bond acceptors (Lipinski definition) is 2. The van der Waals surface area contributed by atoms with Crippen LogP contribution in [-0.4, -0.2) is 22.4 Å². The molecule has 1 aromatic carbocycles. The molecule has 0 unspecified atom stereocenters. The van der Waals surface area contributed by atoms with E-state index in [2.05, 4.69) is 31.7 Å². The quantitative estimate of drug-likeness (QED) is 0.761. The average molecular weight is 391 g/mol. The van der Waals surface area contributed by atoms with Crippen LogP contribution in [0.4, 0.5) is 23.7 Å². The normalized spacial score (nSPS) is 11.3. The van der Waals surface area contributed by atoms with Gasteiger partial charge in [0.1, 0.15) is 0 Å². The summed E-state index contributed by atoms with van der Waals surface area (Å²) in [5.41, 5.74) is -1.15. The number of halogens is 4. The van der Waals surface area contributed by atoms with Crippen molar-refractivity contribution in [1.82, 2.24) is 15.1 Å². The minimum Gasteiger partial charge on any atom is -0.338 e. The summed E-state index contributed by atoms with van der Waals surface area (Å²) >= 11 is 3.27. The molecule has 0 aliphatic carbocycles. The van der Waals surface area contributed by atoms with Gasteiger partial charge in [-0.05, 0) is 34.5 Å². The van der Waals surface area contributed by atoms with Crippen LogP contribution in [0.3, 0.4) is 0 Å². The molecule has 2 N–H and O–H groups in total. The second-order valence-corrected chi connectivity index (χ2v) is 5.62. The van der Waals surface area contributed by atoms with E-state index in [1.807, 2.05) is 0 Å². The minimum absolute atomic E-state index is 0.270. The summed E-state index contributed by atoms with van der Waals surface area (Å²) in [5, 5.41) is 8.79. The summed E-state index contributed by atoms with van der Waals surface area (Å²) in [6.45, 7) is 0.905. The van der Waals surface area contributed by atoms with Gasteiger partial charge in [-0.2, -0.15) is 18.3 Å². The fourth-order valence-corrected chi connectivity index (χ4v) is 2.24. The number of benzene rings is 1. The number of hydrogen-bond donors (Lipinski definition) is 2. The number of para-hydroxylation sites is 1. The number of aryl methyl sites for hydroxylation is 1. The molecule has 0 bridgehead atoms. The Hall–Kier alpha value is -2.03. The maximum Gasteiger partial charge on any atom is 0.418 e. The number of urea groups is 1. The second kappa shape index (κ2) is 7.49. The summed E-state index contributed by atoms with van der Waals surface area (Å²) in [6.07, 6.45) is -0.479. The van der Waals surface area contributed by atoms with Gasteiger partial charge in [0.05, 0.1) is 21.9 Å². The van der Waals surface area contributed by atoms with Crippen LogP contribution < -0.4 is 10.6 Å². The third-order valence-corrected chi connectivity index (χ3v) is 3.34. The van der Waals surface area contributed by atoms with Gasteiger partial charge < -0.3 is 10.6 Å². The Bertz CT molecular complexity index is 672. The van der Waals surface area contributed by atoms with Gasteiger partial charge in [0.15, 0.2) is 0 Å². The van der Waals surface area contributed by atoms with E-state index in [0.29, 0.717) is 19.5 Å². The molecular formula is C14H14BrF3N4O. The lowest BCUT2D eigenvalue weighted by atomic mass is 10.1. The highest BCUT2D eigenvalue weighted by atomic mass is 79.9. The van der Waals surface area contributed by atoms with Gasteiger partial charge in [0.2, 0.25) is 0 Å². The summed E-state index contributed by atoms with van der Waals surface area (Å²) in [4.78, 5) is 11.7. The summed E-state index contributed by atoms with van der Waals surface area (Å²) < 4.78 is 41.0. The maximum absolute atomic E-state index is 12.8. The van der Waals surface area contributed by atoms with Crippen LogP contribution >= 0.6 is 15.9 Å². The molecule has 9 heteroatoms. The first-order valence-corrected chi connectivity index (χ1v) is 7.54. The van der Waals surface area contributed by atoms with Crippen molar-refractivity contribution in [2.45, 2.75) is 19.1 Å². The fraction of sp³-hybridized carbons (Fsp3) is 0.286. The maximum atomic E-state index is 12.8. The molecular weight excluding hydrogens is 377 g/mol. The van der Waals surface area contributed by atoms with Gasteiger partial charge in [-0.15, -0.1) is 0 Å². The van der Waals surface area contributed by atoms with Gasteiger partial charge >= 0.3 is 12.2 Å². The van der Waals surface area contributed by atoms with Gasteiger partial charge in [-0.25, -0.2) is 4.79 Å². The first-order valence-electron chi connectivity index (χ1n) is 6.75. The molecule has 0 saturated heterocycles. The van der Waals surface area contributed by atoms with Gasteiger partial charge in [-0.1, -0.05) is 12.1 Å². The minimum atomic E-state index is -4.52. The highest BCUT2D eigenvalue weighted by molar-refractivity contribution is 9.10. The van der Waals surface area contributed by atoms with Crippen molar-refractivity contribution < 1.29 is 18.0 Å². The van der Waals surface area contributed by atoms with E-state index in [4.69, 9.17) is 0 Å². The SMILES string of the molecule is O=C(NCCCn1cc(Br)cn1)Nc1ccccc1C(F)(F)F. The highest BCUT2D eigenvalue weighted by Gasteiger charge is 2.33. The van der Waals surface area contributed by atoms with Gasteiger partial charge in [0, 0.05) is 19.3 Å².